The SMILES string of the molecule is CCCCOc1nc(N)c2ncc(Cc3cnc(N4CCNC(C)C4)c(C)c3)n2n1. The van der Waals surface area contributed by atoms with Crippen molar-refractivity contribution >= 4 is 17.3 Å². The number of pyridine rings is 1. The molecule has 3 N–H and O–H groups in total. The summed E-state index contributed by atoms with van der Waals surface area (Å²) in [7, 11) is 0. The molecular formula is C21H30N8O. The van der Waals surface area contributed by atoms with Gasteiger partial charge in [0.25, 0.3) is 0 Å². The van der Waals surface area contributed by atoms with Gasteiger partial charge in [0.05, 0.1) is 18.5 Å². The van der Waals surface area contributed by atoms with Crippen LogP contribution in [0.25, 0.3) is 5.65 Å². The number of aryl methyl sites for hydroxylation is 1. The van der Waals surface area contributed by atoms with Crippen molar-refractivity contribution in [2.45, 2.75) is 46.1 Å². The van der Waals surface area contributed by atoms with E-state index in [9.17, 15) is 0 Å². The number of nitrogens with two attached hydrogens (primary N) is 1. The van der Waals surface area contributed by atoms with Gasteiger partial charge in [-0.05, 0) is 31.4 Å². The summed E-state index contributed by atoms with van der Waals surface area (Å²) < 4.78 is 7.37. The molecule has 0 amide bonds. The highest BCUT2D eigenvalue weighted by Gasteiger charge is 2.19. The van der Waals surface area contributed by atoms with E-state index in [2.05, 4.69) is 52.1 Å². The van der Waals surface area contributed by atoms with Crippen LogP contribution >= 0.6 is 0 Å². The molecular weight excluding hydrogens is 380 g/mol. The number of rotatable bonds is 7. The quantitative estimate of drug-likeness (QED) is 0.570. The van der Waals surface area contributed by atoms with Crippen molar-refractivity contribution in [3.63, 3.8) is 0 Å². The average Bonchev–Trinajstić information content (AvgIpc) is 3.11. The van der Waals surface area contributed by atoms with E-state index in [0.717, 1.165) is 49.6 Å². The molecule has 4 heterocycles. The van der Waals surface area contributed by atoms with Gasteiger partial charge in [-0.15, -0.1) is 5.10 Å². The van der Waals surface area contributed by atoms with Crippen molar-refractivity contribution in [3.8, 4) is 6.01 Å². The van der Waals surface area contributed by atoms with Crippen LogP contribution in [0.2, 0.25) is 0 Å². The van der Waals surface area contributed by atoms with Crippen LogP contribution in [-0.4, -0.2) is 56.8 Å². The third-order valence-corrected chi connectivity index (χ3v) is 5.33. The van der Waals surface area contributed by atoms with E-state index >= 15 is 0 Å². The molecule has 30 heavy (non-hydrogen) atoms. The number of imidazole rings is 1. The third-order valence-electron chi connectivity index (χ3n) is 5.33. The molecule has 1 fully saturated rings. The fourth-order valence-corrected chi connectivity index (χ4v) is 3.81. The minimum absolute atomic E-state index is 0.283. The standard InChI is InChI=1S/C21H30N8O/c1-4-5-8-30-21-26-18(22)20-25-12-17(29(20)27-21)10-16-9-14(2)19(24-11-16)28-7-6-23-15(3)13-28/h9,11-12,15,23H,4-8,10,13H2,1-3H3,(H2,22,26,27). The van der Waals surface area contributed by atoms with Crippen molar-refractivity contribution in [2.75, 3.05) is 36.9 Å². The Bertz CT molecular complexity index is 1020. The summed E-state index contributed by atoms with van der Waals surface area (Å²) in [5.41, 5.74) is 9.81. The Hall–Kier alpha value is -2.94. The zero-order valence-electron chi connectivity index (χ0n) is 17.9. The second kappa shape index (κ2) is 8.83. The number of ether oxygens (including phenoxy) is 1. The molecule has 0 spiro atoms. The summed E-state index contributed by atoms with van der Waals surface area (Å²) >= 11 is 0. The van der Waals surface area contributed by atoms with E-state index in [4.69, 9.17) is 15.5 Å². The van der Waals surface area contributed by atoms with Crippen molar-refractivity contribution < 1.29 is 4.74 Å². The number of hydrogen-bond donors (Lipinski definition) is 2. The van der Waals surface area contributed by atoms with Crippen LogP contribution in [0, 0.1) is 6.92 Å². The van der Waals surface area contributed by atoms with Gasteiger partial charge in [-0.1, -0.05) is 19.4 Å². The van der Waals surface area contributed by atoms with E-state index < -0.39 is 0 Å². The maximum atomic E-state index is 6.07. The topological polar surface area (TPSA) is 106 Å². The lowest BCUT2D eigenvalue weighted by molar-refractivity contribution is 0.280. The average molecular weight is 411 g/mol. The van der Waals surface area contributed by atoms with Crippen molar-refractivity contribution in [2.24, 2.45) is 0 Å². The van der Waals surface area contributed by atoms with Crippen molar-refractivity contribution in [1.29, 1.82) is 0 Å². The molecule has 160 valence electrons. The fourth-order valence-electron chi connectivity index (χ4n) is 3.81. The van der Waals surface area contributed by atoms with Crippen LogP contribution in [0.5, 0.6) is 6.01 Å². The number of fused-ring (bicyclic) bond motifs is 1. The summed E-state index contributed by atoms with van der Waals surface area (Å²) in [6.07, 6.45) is 6.37. The Labute approximate surface area is 176 Å². The predicted molar refractivity (Wildman–Crippen MR) is 117 cm³/mol. The van der Waals surface area contributed by atoms with Crippen LogP contribution in [0.4, 0.5) is 11.6 Å². The molecule has 1 atom stereocenters. The smallest absolute Gasteiger partial charge is 0.336 e. The van der Waals surface area contributed by atoms with E-state index in [1.54, 1.807) is 10.7 Å². The number of hydrogen-bond acceptors (Lipinski definition) is 8. The highest BCUT2D eigenvalue weighted by Crippen LogP contribution is 2.22. The van der Waals surface area contributed by atoms with Crippen molar-refractivity contribution in [1.82, 2.24) is 29.9 Å². The van der Waals surface area contributed by atoms with Crippen LogP contribution in [-0.2, 0) is 6.42 Å². The summed E-state index contributed by atoms with van der Waals surface area (Å²) in [6.45, 7) is 9.93. The molecule has 4 rings (SSSR count). The number of aromatic nitrogens is 5. The predicted octanol–water partition coefficient (Wildman–Crippen LogP) is 1.98. The van der Waals surface area contributed by atoms with Crippen LogP contribution < -0.4 is 20.7 Å². The van der Waals surface area contributed by atoms with Gasteiger partial charge in [0, 0.05) is 38.3 Å². The molecule has 1 saturated heterocycles. The lowest BCUT2D eigenvalue weighted by Crippen LogP contribution is -2.49. The zero-order chi connectivity index (χ0) is 21.1. The lowest BCUT2D eigenvalue weighted by atomic mass is 10.1. The first-order chi connectivity index (χ1) is 14.5. The largest absolute Gasteiger partial charge is 0.462 e. The molecule has 0 saturated carbocycles. The summed E-state index contributed by atoms with van der Waals surface area (Å²) in [5, 5.41) is 7.96. The molecule has 1 aliphatic rings. The number of nitrogens with one attached hydrogen (secondary N) is 1. The second-order valence-corrected chi connectivity index (χ2v) is 7.93. The minimum atomic E-state index is 0.283. The van der Waals surface area contributed by atoms with Gasteiger partial charge in [-0.2, -0.15) is 4.98 Å². The van der Waals surface area contributed by atoms with Gasteiger partial charge in [-0.25, -0.2) is 14.5 Å². The Morgan fingerprint density at radius 1 is 1.30 bits per heavy atom. The van der Waals surface area contributed by atoms with E-state index in [0.29, 0.717) is 30.5 Å². The second-order valence-electron chi connectivity index (χ2n) is 7.93. The highest BCUT2D eigenvalue weighted by molar-refractivity contribution is 5.60. The van der Waals surface area contributed by atoms with Gasteiger partial charge in [0.1, 0.15) is 5.82 Å². The number of unbranched alkanes of at least 4 members (excludes halogenated alkanes) is 1. The molecule has 3 aromatic heterocycles. The maximum Gasteiger partial charge on any atom is 0.336 e. The van der Waals surface area contributed by atoms with Crippen LogP contribution in [0.1, 0.15) is 43.5 Å². The van der Waals surface area contributed by atoms with Gasteiger partial charge in [-0.3, -0.25) is 0 Å². The van der Waals surface area contributed by atoms with E-state index in [1.807, 2.05) is 6.20 Å². The minimum Gasteiger partial charge on any atom is -0.462 e. The fraction of sp³-hybridized carbons (Fsp3) is 0.524. The normalized spacial score (nSPS) is 16.9. The van der Waals surface area contributed by atoms with E-state index in [1.165, 1.54) is 5.56 Å². The monoisotopic (exact) mass is 410 g/mol. The van der Waals surface area contributed by atoms with Crippen LogP contribution in [0.3, 0.4) is 0 Å². The number of piperazine rings is 1. The van der Waals surface area contributed by atoms with E-state index in [-0.39, 0.29) is 6.01 Å². The molecule has 0 bridgehead atoms. The Morgan fingerprint density at radius 3 is 2.93 bits per heavy atom. The number of nitrogen functional groups attached to an aromatic ring is 1. The first kappa shape index (κ1) is 20.3. The Balaban J connectivity index is 1.55. The van der Waals surface area contributed by atoms with Gasteiger partial charge >= 0.3 is 6.01 Å². The van der Waals surface area contributed by atoms with Gasteiger partial charge in [0.2, 0.25) is 0 Å². The van der Waals surface area contributed by atoms with Crippen molar-refractivity contribution in [3.05, 3.63) is 35.3 Å². The molecule has 9 heteroatoms. The maximum absolute atomic E-state index is 6.07. The van der Waals surface area contributed by atoms with Gasteiger partial charge < -0.3 is 20.7 Å². The number of anilines is 2. The third kappa shape index (κ3) is 4.30. The Morgan fingerprint density at radius 2 is 2.17 bits per heavy atom. The molecule has 3 aromatic rings. The summed E-state index contributed by atoms with van der Waals surface area (Å²) in [4.78, 5) is 15.7. The summed E-state index contributed by atoms with van der Waals surface area (Å²) in [6, 6.07) is 2.94. The summed E-state index contributed by atoms with van der Waals surface area (Å²) in [5.74, 6) is 1.38. The lowest BCUT2D eigenvalue weighted by Gasteiger charge is -2.33. The molecule has 0 radical (unpaired) electrons. The first-order valence-electron chi connectivity index (χ1n) is 10.6. The molecule has 0 aromatic carbocycles. The number of nitrogens with zero attached hydrogens (tertiary/aromatic N) is 6. The highest BCUT2D eigenvalue weighted by atomic mass is 16.5. The molecule has 1 unspecified atom stereocenters. The van der Waals surface area contributed by atoms with Crippen LogP contribution in [0.15, 0.2) is 18.5 Å². The molecule has 1 aliphatic heterocycles. The Kier molecular flexibility index (Phi) is 5.98. The first-order valence-corrected chi connectivity index (χ1v) is 10.6. The molecule has 9 nitrogen and oxygen atoms in total. The molecule has 0 aliphatic carbocycles. The van der Waals surface area contributed by atoms with Gasteiger partial charge in [0.15, 0.2) is 11.5 Å². The zero-order valence-corrected chi connectivity index (χ0v) is 17.9.